The lowest BCUT2D eigenvalue weighted by Crippen LogP contribution is -2.08. The first-order chi connectivity index (χ1) is 9.34. The second kappa shape index (κ2) is 5.57. The Balaban J connectivity index is 2.43. The zero-order valence-electron chi connectivity index (χ0n) is 10.6. The normalized spacial score (nSPS) is 11.9. The van der Waals surface area contributed by atoms with Crippen LogP contribution in [-0.2, 0) is 12.6 Å². The van der Waals surface area contributed by atoms with Crippen molar-refractivity contribution in [2.45, 2.75) is 19.5 Å². The molecule has 0 saturated heterocycles. The van der Waals surface area contributed by atoms with Crippen LogP contribution < -0.4 is 0 Å². The third-order valence-corrected chi connectivity index (χ3v) is 3.84. The maximum Gasteiger partial charge on any atom is 0.436 e. The first-order valence-corrected chi connectivity index (χ1v) is 6.66. The summed E-state index contributed by atoms with van der Waals surface area (Å²) < 4.78 is 39.6. The smallest absolute Gasteiger partial charge is 0.396 e. The number of aromatic nitrogens is 2. The zero-order chi connectivity index (χ0) is 14.9. The summed E-state index contributed by atoms with van der Waals surface area (Å²) in [7, 11) is 0. The van der Waals surface area contributed by atoms with Gasteiger partial charge in [-0.25, -0.2) is 4.68 Å². The molecule has 1 aromatic carbocycles. The van der Waals surface area contributed by atoms with Gasteiger partial charge in [-0.3, -0.25) is 0 Å². The summed E-state index contributed by atoms with van der Waals surface area (Å²) in [5.41, 5.74) is 0.901. The number of nitrogens with zero attached hydrogens (tertiary/aromatic N) is 2. The highest BCUT2D eigenvalue weighted by Gasteiger charge is 2.38. The predicted octanol–water partition coefficient (Wildman–Crippen LogP) is 3.50. The van der Waals surface area contributed by atoms with Crippen molar-refractivity contribution in [3.05, 3.63) is 45.7 Å². The molecule has 2 aromatic rings. The number of alkyl halides is 3. The molecule has 20 heavy (non-hydrogen) atoms. The lowest BCUT2D eigenvalue weighted by molar-refractivity contribution is -0.141. The molecular weight excluding hydrogens is 337 g/mol. The van der Waals surface area contributed by atoms with Crippen LogP contribution >= 0.6 is 15.9 Å². The van der Waals surface area contributed by atoms with Crippen molar-refractivity contribution >= 4 is 15.9 Å². The SMILES string of the molecule is Cc1c(Br)c(C(F)(F)F)nn1-c1ccc(CCO)cc1. The standard InChI is InChI=1S/C13H12BrF3N2O/c1-8-11(14)12(13(15,16)17)18-19(8)10-4-2-9(3-5-10)6-7-20/h2-5,20H,6-7H2,1H3. The van der Waals surface area contributed by atoms with Gasteiger partial charge in [-0.15, -0.1) is 0 Å². The summed E-state index contributed by atoms with van der Waals surface area (Å²) in [5, 5.41) is 12.5. The molecule has 3 nitrogen and oxygen atoms in total. The Bertz CT molecular complexity index is 605. The van der Waals surface area contributed by atoms with Crippen LogP contribution in [0.5, 0.6) is 0 Å². The molecule has 1 aromatic heterocycles. The molecule has 0 atom stereocenters. The van der Waals surface area contributed by atoms with Gasteiger partial charge in [-0.2, -0.15) is 18.3 Å². The molecule has 0 radical (unpaired) electrons. The van der Waals surface area contributed by atoms with E-state index in [0.29, 0.717) is 17.8 Å². The van der Waals surface area contributed by atoms with Crippen LogP contribution in [0.25, 0.3) is 5.69 Å². The topological polar surface area (TPSA) is 38.0 Å². The third kappa shape index (κ3) is 2.88. The average molecular weight is 349 g/mol. The molecule has 0 fully saturated rings. The van der Waals surface area contributed by atoms with Crippen LogP contribution in [0.4, 0.5) is 13.2 Å². The van der Waals surface area contributed by atoms with Crippen LogP contribution in [-0.4, -0.2) is 21.5 Å². The van der Waals surface area contributed by atoms with E-state index in [1.807, 2.05) is 0 Å². The average Bonchev–Trinajstić information content (AvgIpc) is 2.68. The van der Waals surface area contributed by atoms with Crippen LogP contribution in [0.1, 0.15) is 17.0 Å². The fourth-order valence-electron chi connectivity index (χ4n) is 1.85. The fraction of sp³-hybridized carbons (Fsp3) is 0.308. The number of aliphatic hydroxyl groups is 1. The number of halogens is 4. The van der Waals surface area contributed by atoms with Gasteiger partial charge in [0.15, 0.2) is 5.69 Å². The van der Waals surface area contributed by atoms with E-state index in [-0.39, 0.29) is 11.1 Å². The summed E-state index contributed by atoms with van der Waals surface area (Å²) in [5.74, 6) is 0. The Morgan fingerprint density at radius 2 is 1.85 bits per heavy atom. The molecule has 1 heterocycles. The summed E-state index contributed by atoms with van der Waals surface area (Å²) in [6, 6.07) is 6.87. The minimum Gasteiger partial charge on any atom is -0.396 e. The highest BCUT2D eigenvalue weighted by molar-refractivity contribution is 9.10. The second-order valence-electron chi connectivity index (χ2n) is 4.30. The van der Waals surface area contributed by atoms with Crippen molar-refractivity contribution in [1.82, 2.24) is 9.78 Å². The number of hydrogen-bond donors (Lipinski definition) is 1. The highest BCUT2D eigenvalue weighted by atomic mass is 79.9. The Morgan fingerprint density at radius 1 is 1.25 bits per heavy atom. The van der Waals surface area contributed by atoms with Crippen molar-refractivity contribution in [2.24, 2.45) is 0 Å². The van der Waals surface area contributed by atoms with E-state index in [1.54, 1.807) is 31.2 Å². The van der Waals surface area contributed by atoms with Crippen molar-refractivity contribution in [3.63, 3.8) is 0 Å². The third-order valence-electron chi connectivity index (χ3n) is 2.89. The summed E-state index contributed by atoms with van der Waals surface area (Å²) in [4.78, 5) is 0. The fourth-order valence-corrected chi connectivity index (χ4v) is 2.32. The molecule has 0 aliphatic rings. The quantitative estimate of drug-likeness (QED) is 0.921. The molecule has 0 unspecified atom stereocenters. The number of hydrogen-bond acceptors (Lipinski definition) is 2. The van der Waals surface area contributed by atoms with Gasteiger partial charge in [-0.05, 0) is 47.0 Å². The van der Waals surface area contributed by atoms with Crippen molar-refractivity contribution in [2.75, 3.05) is 6.61 Å². The maximum absolute atomic E-state index is 12.8. The minimum absolute atomic E-state index is 0.0317. The Kier molecular flexibility index (Phi) is 4.19. The molecular formula is C13H12BrF3N2O. The van der Waals surface area contributed by atoms with Gasteiger partial charge in [0.2, 0.25) is 0 Å². The first kappa shape index (κ1) is 15.1. The van der Waals surface area contributed by atoms with Gasteiger partial charge in [0.05, 0.1) is 15.9 Å². The van der Waals surface area contributed by atoms with Crippen LogP contribution in [0.15, 0.2) is 28.7 Å². The maximum atomic E-state index is 12.8. The molecule has 0 aliphatic carbocycles. The number of aliphatic hydroxyl groups excluding tert-OH is 1. The summed E-state index contributed by atoms with van der Waals surface area (Å²) >= 11 is 2.94. The zero-order valence-corrected chi connectivity index (χ0v) is 12.2. The van der Waals surface area contributed by atoms with E-state index < -0.39 is 11.9 Å². The lowest BCUT2D eigenvalue weighted by atomic mass is 10.1. The van der Waals surface area contributed by atoms with E-state index in [1.165, 1.54) is 4.68 Å². The van der Waals surface area contributed by atoms with Gasteiger partial charge in [0.25, 0.3) is 0 Å². The Hall–Kier alpha value is -1.34. The van der Waals surface area contributed by atoms with Crippen molar-refractivity contribution < 1.29 is 18.3 Å². The molecule has 7 heteroatoms. The van der Waals surface area contributed by atoms with E-state index in [2.05, 4.69) is 21.0 Å². The van der Waals surface area contributed by atoms with Gasteiger partial charge in [0.1, 0.15) is 0 Å². The molecule has 0 saturated carbocycles. The van der Waals surface area contributed by atoms with Gasteiger partial charge >= 0.3 is 6.18 Å². The van der Waals surface area contributed by atoms with Gasteiger partial charge < -0.3 is 5.11 Å². The molecule has 108 valence electrons. The number of benzene rings is 1. The largest absolute Gasteiger partial charge is 0.436 e. The van der Waals surface area contributed by atoms with Crippen LogP contribution in [0.3, 0.4) is 0 Å². The molecule has 0 aliphatic heterocycles. The van der Waals surface area contributed by atoms with Gasteiger partial charge in [0, 0.05) is 6.61 Å². The van der Waals surface area contributed by atoms with E-state index >= 15 is 0 Å². The van der Waals surface area contributed by atoms with Crippen molar-refractivity contribution in [1.29, 1.82) is 0 Å². The first-order valence-electron chi connectivity index (χ1n) is 5.87. The molecule has 2 rings (SSSR count). The molecule has 1 N–H and O–H groups in total. The lowest BCUT2D eigenvalue weighted by Gasteiger charge is -2.06. The molecule has 0 spiro atoms. The predicted molar refractivity (Wildman–Crippen MR) is 71.8 cm³/mol. The van der Waals surface area contributed by atoms with Crippen LogP contribution in [0, 0.1) is 6.92 Å². The van der Waals surface area contributed by atoms with Crippen LogP contribution in [0.2, 0.25) is 0 Å². The van der Waals surface area contributed by atoms with E-state index in [9.17, 15) is 13.2 Å². The highest BCUT2D eigenvalue weighted by Crippen LogP contribution is 2.36. The van der Waals surface area contributed by atoms with Crippen molar-refractivity contribution in [3.8, 4) is 5.69 Å². The summed E-state index contributed by atoms with van der Waals surface area (Å²) in [6.07, 6.45) is -3.98. The van der Waals surface area contributed by atoms with E-state index in [4.69, 9.17) is 5.11 Å². The second-order valence-corrected chi connectivity index (χ2v) is 5.09. The summed E-state index contributed by atoms with van der Waals surface area (Å²) in [6.45, 7) is 1.60. The molecule has 0 amide bonds. The molecule has 0 bridgehead atoms. The monoisotopic (exact) mass is 348 g/mol. The Morgan fingerprint density at radius 3 is 2.30 bits per heavy atom. The number of rotatable bonds is 3. The van der Waals surface area contributed by atoms with Gasteiger partial charge in [-0.1, -0.05) is 12.1 Å². The minimum atomic E-state index is -4.49. The Labute approximate surface area is 122 Å². The van der Waals surface area contributed by atoms with E-state index in [0.717, 1.165) is 5.56 Å².